The number of imidazole rings is 1. The lowest BCUT2D eigenvalue weighted by Crippen LogP contribution is -2.31. The number of fused-ring (bicyclic) bond motifs is 2. The van der Waals surface area contributed by atoms with Crippen LogP contribution in [0.1, 0.15) is 64.9 Å². The van der Waals surface area contributed by atoms with Crippen LogP contribution in [-0.2, 0) is 0 Å². The fourth-order valence-electron chi connectivity index (χ4n) is 4.40. The summed E-state index contributed by atoms with van der Waals surface area (Å²) < 4.78 is 3.80. The minimum absolute atomic E-state index is 0.149. The van der Waals surface area contributed by atoms with E-state index < -0.39 is 0 Å². The second kappa shape index (κ2) is 6.88. The summed E-state index contributed by atoms with van der Waals surface area (Å²) in [5, 5.41) is 13.7. The van der Waals surface area contributed by atoms with Crippen molar-refractivity contribution < 1.29 is 4.79 Å². The van der Waals surface area contributed by atoms with Gasteiger partial charge in [0.25, 0.3) is 5.91 Å². The molecular formula is C22H22ClN7O. The van der Waals surface area contributed by atoms with Crippen LogP contribution in [-0.4, -0.2) is 35.3 Å². The van der Waals surface area contributed by atoms with Crippen LogP contribution in [0.5, 0.6) is 0 Å². The number of hydrogen-bond acceptors (Lipinski definition) is 5. The van der Waals surface area contributed by atoms with Gasteiger partial charge >= 0.3 is 0 Å². The topological polar surface area (TPSA) is 81.2 Å². The average molecular weight is 436 g/mol. The van der Waals surface area contributed by atoms with Gasteiger partial charge in [0, 0.05) is 11.1 Å². The van der Waals surface area contributed by atoms with Crippen molar-refractivity contribution in [3.8, 4) is 0 Å². The summed E-state index contributed by atoms with van der Waals surface area (Å²) in [6.07, 6.45) is 0. The molecule has 1 aromatic carbocycles. The third-order valence-electron chi connectivity index (χ3n) is 5.71. The molecule has 0 saturated carbocycles. The summed E-state index contributed by atoms with van der Waals surface area (Å²) in [4.78, 5) is 20.0. The molecule has 0 aliphatic carbocycles. The van der Waals surface area contributed by atoms with E-state index >= 15 is 0 Å². The summed E-state index contributed by atoms with van der Waals surface area (Å²) in [5.41, 5.74) is 3.85. The van der Waals surface area contributed by atoms with E-state index in [0.29, 0.717) is 28.0 Å². The molecule has 31 heavy (non-hydrogen) atoms. The van der Waals surface area contributed by atoms with Crippen molar-refractivity contribution in [1.82, 2.24) is 29.4 Å². The van der Waals surface area contributed by atoms with E-state index in [2.05, 4.69) is 33.6 Å². The lowest BCUT2D eigenvalue weighted by molar-refractivity contribution is 0.0988. The smallest absolute Gasteiger partial charge is 0.280 e. The Morgan fingerprint density at radius 3 is 2.42 bits per heavy atom. The second-order valence-electron chi connectivity index (χ2n) is 8.15. The fourth-order valence-corrected chi connectivity index (χ4v) is 4.53. The van der Waals surface area contributed by atoms with Gasteiger partial charge in [0.15, 0.2) is 23.0 Å². The molecule has 0 spiro atoms. The van der Waals surface area contributed by atoms with Crippen LogP contribution in [0.4, 0.5) is 5.82 Å². The van der Waals surface area contributed by atoms with Crippen molar-refractivity contribution in [2.24, 2.45) is 0 Å². The molecular weight excluding hydrogens is 414 g/mol. The molecule has 0 radical (unpaired) electrons. The molecule has 1 aliphatic heterocycles. The van der Waals surface area contributed by atoms with Gasteiger partial charge in [-0.15, -0.1) is 15.3 Å². The first-order valence-corrected chi connectivity index (χ1v) is 10.5. The van der Waals surface area contributed by atoms with Crippen LogP contribution in [0.15, 0.2) is 30.3 Å². The van der Waals surface area contributed by atoms with Gasteiger partial charge in [0.05, 0.1) is 5.69 Å². The highest BCUT2D eigenvalue weighted by molar-refractivity contribution is 6.30. The van der Waals surface area contributed by atoms with Crippen LogP contribution in [0, 0.1) is 20.8 Å². The largest absolute Gasteiger partial charge is 0.327 e. The number of anilines is 1. The van der Waals surface area contributed by atoms with E-state index in [1.165, 1.54) is 0 Å². The number of benzene rings is 1. The van der Waals surface area contributed by atoms with Crippen LogP contribution in [0.2, 0.25) is 5.02 Å². The Balaban J connectivity index is 1.77. The molecule has 9 heteroatoms. The van der Waals surface area contributed by atoms with Crippen molar-refractivity contribution in [3.05, 3.63) is 69.5 Å². The lowest BCUT2D eigenvalue weighted by atomic mass is 10.0. The monoisotopic (exact) mass is 435 g/mol. The lowest BCUT2D eigenvalue weighted by Gasteiger charge is -2.27. The number of halogens is 1. The predicted octanol–water partition coefficient (Wildman–Crippen LogP) is 4.23. The molecule has 0 bridgehead atoms. The third-order valence-corrected chi connectivity index (χ3v) is 5.96. The molecule has 5 rings (SSSR count). The molecule has 1 atom stereocenters. The maximum Gasteiger partial charge on any atom is 0.280 e. The fraction of sp³-hybridized carbons (Fsp3) is 0.318. The standard InChI is InChI=1S/C22H22ClN7O/c1-11(2)28-13(4)24-18-20(28)19(15-6-8-16(23)9-7-15)29(22(18)31)17-10-12(3)21-26-25-14(5)30(21)27-17/h6-11,19H,1-5H3. The van der Waals surface area contributed by atoms with Crippen LogP contribution >= 0.6 is 11.6 Å². The highest BCUT2D eigenvalue weighted by atomic mass is 35.5. The molecule has 8 nitrogen and oxygen atoms in total. The number of hydrogen-bond donors (Lipinski definition) is 0. The molecule has 0 N–H and O–H groups in total. The molecule has 4 aromatic rings. The number of amides is 1. The zero-order valence-corrected chi connectivity index (χ0v) is 18.7. The number of carbonyl (C=O) groups is 1. The zero-order chi connectivity index (χ0) is 22.0. The summed E-state index contributed by atoms with van der Waals surface area (Å²) in [7, 11) is 0. The Bertz CT molecular complexity index is 1340. The van der Waals surface area contributed by atoms with Crippen LogP contribution < -0.4 is 4.90 Å². The summed E-state index contributed by atoms with van der Waals surface area (Å²) in [6.45, 7) is 9.90. The first-order chi connectivity index (χ1) is 14.8. The average Bonchev–Trinajstić information content (AvgIpc) is 3.34. The van der Waals surface area contributed by atoms with E-state index in [4.69, 9.17) is 16.7 Å². The van der Waals surface area contributed by atoms with Crippen molar-refractivity contribution in [1.29, 1.82) is 0 Å². The van der Waals surface area contributed by atoms with Gasteiger partial charge < -0.3 is 4.57 Å². The van der Waals surface area contributed by atoms with Crippen molar-refractivity contribution in [2.45, 2.75) is 46.7 Å². The van der Waals surface area contributed by atoms with Gasteiger partial charge in [-0.1, -0.05) is 23.7 Å². The molecule has 1 aliphatic rings. The van der Waals surface area contributed by atoms with E-state index in [-0.39, 0.29) is 18.0 Å². The maximum atomic E-state index is 13.7. The van der Waals surface area contributed by atoms with Gasteiger partial charge in [-0.05, 0) is 63.9 Å². The molecule has 4 heterocycles. The van der Waals surface area contributed by atoms with Gasteiger partial charge in [0.2, 0.25) is 0 Å². The maximum absolute atomic E-state index is 13.7. The van der Waals surface area contributed by atoms with Crippen LogP contribution in [0.3, 0.4) is 0 Å². The highest BCUT2D eigenvalue weighted by Gasteiger charge is 2.44. The minimum Gasteiger partial charge on any atom is -0.327 e. The van der Waals surface area contributed by atoms with E-state index in [9.17, 15) is 4.79 Å². The van der Waals surface area contributed by atoms with Crippen molar-refractivity contribution in [3.63, 3.8) is 0 Å². The molecule has 158 valence electrons. The predicted molar refractivity (Wildman–Crippen MR) is 118 cm³/mol. The molecule has 3 aromatic heterocycles. The number of nitrogens with zero attached hydrogens (tertiary/aromatic N) is 7. The second-order valence-corrected chi connectivity index (χ2v) is 8.59. The molecule has 0 fully saturated rings. The number of carbonyl (C=O) groups excluding carboxylic acids is 1. The molecule has 1 unspecified atom stereocenters. The summed E-state index contributed by atoms with van der Waals surface area (Å²) in [6, 6.07) is 9.23. The summed E-state index contributed by atoms with van der Waals surface area (Å²) in [5.74, 6) is 1.84. The Kier molecular flexibility index (Phi) is 4.37. The zero-order valence-electron chi connectivity index (χ0n) is 18.0. The quantitative estimate of drug-likeness (QED) is 0.481. The Labute approximate surface area is 184 Å². The SMILES string of the molecule is Cc1cc(N2C(=O)c3nc(C)n(C(C)C)c3C2c2ccc(Cl)cc2)nn2c(C)nnc12. The highest BCUT2D eigenvalue weighted by Crippen LogP contribution is 2.42. The normalized spacial score (nSPS) is 16.0. The Hall–Kier alpha value is -3.26. The van der Waals surface area contributed by atoms with Crippen LogP contribution in [0.25, 0.3) is 5.65 Å². The van der Waals surface area contributed by atoms with Gasteiger partial charge in [-0.3, -0.25) is 9.69 Å². The first-order valence-electron chi connectivity index (χ1n) is 10.1. The van der Waals surface area contributed by atoms with Gasteiger partial charge in [-0.25, -0.2) is 4.98 Å². The Morgan fingerprint density at radius 2 is 1.74 bits per heavy atom. The van der Waals surface area contributed by atoms with Crippen molar-refractivity contribution >= 4 is 29.0 Å². The Morgan fingerprint density at radius 1 is 1.03 bits per heavy atom. The number of aromatic nitrogens is 6. The van der Waals surface area contributed by atoms with Gasteiger partial charge in [-0.2, -0.15) is 4.52 Å². The van der Waals surface area contributed by atoms with E-state index in [1.807, 2.05) is 51.1 Å². The molecule has 0 saturated heterocycles. The summed E-state index contributed by atoms with van der Waals surface area (Å²) >= 11 is 6.15. The van der Waals surface area contributed by atoms with Crippen molar-refractivity contribution in [2.75, 3.05) is 4.90 Å². The number of aryl methyl sites for hydroxylation is 3. The first kappa shape index (κ1) is 19.7. The van der Waals surface area contributed by atoms with Gasteiger partial charge in [0.1, 0.15) is 11.9 Å². The van der Waals surface area contributed by atoms with E-state index in [1.54, 1.807) is 9.42 Å². The number of rotatable bonds is 3. The minimum atomic E-state index is -0.371. The third kappa shape index (κ3) is 2.85. The molecule has 1 amide bonds. The van der Waals surface area contributed by atoms with E-state index in [0.717, 1.165) is 22.6 Å².